The van der Waals surface area contributed by atoms with Gasteiger partial charge in [-0.1, -0.05) is 26.0 Å². The third kappa shape index (κ3) is 4.25. The molecule has 6 heteroatoms. The van der Waals surface area contributed by atoms with E-state index >= 15 is 0 Å². The Bertz CT molecular complexity index is 680. The molecule has 1 atom stereocenters. The molecule has 0 radical (unpaired) electrons. The summed E-state index contributed by atoms with van der Waals surface area (Å²) in [6.45, 7) is 4.75. The van der Waals surface area contributed by atoms with E-state index in [1.807, 2.05) is 32.8 Å². The second-order valence-electron chi connectivity index (χ2n) is 7.04. The maximum absolute atomic E-state index is 13.3. The molecule has 0 saturated carbocycles. The topological polar surface area (TPSA) is 60.9 Å². The molecule has 1 heterocycles. The first-order valence-corrected chi connectivity index (χ1v) is 8.39. The van der Waals surface area contributed by atoms with Crippen molar-refractivity contribution in [3.8, 4) is 0 Å². The molecular weight excluding hydrogens is 323 g/mol. The lowest BCUT2D eigenvalue weighted by Crippen LogP contribution is -2.36. The van der Waals surface area contributed by atoms with Crippen molar-refractivity contribution in [2.45, 2.75) is 26.3 Å². The Morgan fingerprint density at radius 1 is 1.28 bits per heavy atom. The highest BCUT2D eigenvalue weighted by Crippen LogP contribution is 2.38. The summed E-state index contributed by atoms with van der Waals surface area (Å²) in [5, 5.41) is 10.3. The lowest BCUT2D eigenvalue weighted by molar-refractivity contribution is -0.129. The highest BCUT2D eigenvalue weighted by molar-refractivity contribution is 6.09. The van der Waals surface area contributed by atoms with Crippen molar-refractivity contribution in [3.05, 3.63) is 47.0 Å². The zero-order valence-electron chi connectivity index (χ0n) is 15.1. The third-order valence-corrected chi connectivity index (χ3v) is 4.17. The molecule has 5 nitrogen and oxygen atoms in total. The van der Waals surface area contributed by atoms with Crippen LogP contribution < -0.4 is 0 Å². The zero-order valence-corrected chi connectivity index (χ0v) is 15.1. The fourth-order valence-electron chi connectivity index (χ4n) is 2.95. The Morgan fingerprint density at radius 2 is 1.88 bits per heavy atom. The number of aliphatic hydroxyl groups is 1. The molecule has 1 aromatic carbocycles. The monoisotopic (exact) mass is 348 g/mol. The van der Waals surface area contributed by atoms with Crippen LogP contribution in [0.2, 0.25) is 0 Å². The Balaban J connectivity index is 2.44. The number of aliphatic hydroxyl groups excluding tert-OH is 1. The van der Waals surface area contributed by atoms with Crippen molar-refractivity contribution in [3.63, 3.8) is 0 Å². The maximum atomic E-state index is 13.3. The van der Waals surface area contributed by atoms with E-state index in [1.54, 1.807) is 12.1 Å². The molecule has 2 rings (SSSR count). The van der Waals surface area contributed by atoms with Gasteiger partial charge in [-0.2, -0.15) is 0 Å². The summed E-state index contributed by atoms with van der Waals surface area (Å²) in [7, 11) is 3.76. The number of amides is 1. The average Bonchev–Trinajstić information content (AvgIpc) is 2.77. The van der Waals surface area contributed by atoms with Crippen molar-refractivity contribution in [1.29, 1.82) is 0 Å². The van der Waals surface area contributed by atoms with Gasteiger partial charge in [0.05, 0.1) is 11.6 Å². The van der Waals surface area contributed by atoms with Crippen LogP contribution in [0.25, 0.3) is 0 Å². The van der Waals surface area contributed by atoms with Gasteiger partial charge < -0.3 is 14.9 Å². The van der Waals surface area contributed by atoms with Gasteiger partial charge in [0, 0.05) is 19.5 Å². The molecule has 136 valence electrons. The van der Waals surface area contributed by atoms with Crippen LogP contribution in [0.5, 0.6) is 0 Å². The minimum Gasteiger partial charge on any atom is -0.503 e. The first kappa shape index (κ1) is 19.1. The van der Waals surface area contributed by atoms with E-state index < -0.39 is 23.5 Å². The molecule has 0 fully saturated rings. The predicted octanol–water partition coefficient (Wildman–Crippen LogP) is 2.70. The highest BCUT2D eigenvalue weighted by Gasteiger charge is 2.43. The van der Waals surface area contributed by atoms with E-state index in [0.717, 1.165) is 0 Å². The van der Waals surface area contributed by atoms with Gasteiger partial charge in [0.1, 0.15) is 5.82 Å². The minimum absolute atomic E-state index is 0.104. The first-order valence-electron chi connectivity index (χ1n) is 8.39. The van der Waals surface area contributed by atoms with Crippen molar-refractivity contribution in [2.24, 2.45) is 5.92 Å². The summed E-state index contributed by atoms with van der Waals surface area (Å²) in [4.78, 5) is 28.6. The fourth-order valence-corrected chi connectivity index (χ4v) is 2.95. The second-order valence-corrected chi connectivity index (χ2v) is 7.04. The molecule has 1 N–H and O–H groups in total. The van der Waals surface area contributed by atoms with E-state index in [-0.39, 0.29) is 23.7 Å². The van der Waals surface area contributed by atoms with E-state index in [9.17, 15) is 19.1 Å². The number of rotatable bonds is 7. The highest BCUT2D eigenvalue weighted by atomic mass is 19.1. The van der Waals surface area contributed by atoms with Gasteiger partial charge >= 0.3 is 0 Å². The van der Waals surface area contributed by atoms with E-state index in [1.165, 1.54) is 17.0 Å². The summed E-state index contributed by atoms with van der Waals surface area (Å²) < 4.78 is 13.3. The van der Waals surface area contributed by atoms with E-state index in [4.69, 9.17) is 0 Å². The average molecular weight is 348 g/mol. The molecule has 0 bridgehead atoms. The van der Waals surface area contributed by atoms with Crippen molar-refractivity contribution in [1.82, 2.24) is 9.80 Å². The molecule has 0 aliphatic carbocycles. The number of Topliss-reactive ketones (excluding diaryl/α,β-unsaturated/α-hetero) is 1. The van der Waals surface area contributed by atoms with Crippen LogP contribution in [0.1, 0.15) is 31.9 Å². The molecular formula is C19H25FN2O3. The Kier molecular flexibility index (Phi) is 5.95. The number of ketones is 1. The number of hydrogen-bond donors (Lipinski definition) is 1. The Hall–Kier alpha value is -2.21. The number of carbonyl (C=O) groups is 2. The van der Waals surface area contributed by atoms with Crippen molar-refractivity contribution >= 4 is 11.7 Å². The van der Waals surface area contributed by atoms with Gasteiger partial charge in [0.2, 0.25) is 0 Å². The summed E-state index contributed by atoms with van der Waals surface area (Å²) >= 11 is 0. The van der Waals surface area contributed by atoms with E-state index in [2.05, 4.69) is 0 Å². The number of nitrogens with zero attached hydrogens (tertiary/aromatic N) is 2. The minimum atomic E-state index is -0.681. The van der Waals surface area contributed by atoms with Crippen LogP contribution in [-0.4, -0.2) is 53.8 Å². The summed E-state index contributed by atoms with van der Waals surface area (Å²) in [6, 6.07) is 5.02. The smallest absolute Gasteiger partial charge is 0.290 e. The fraction of sp³-hybridized carbons (Fsp3) is 0.474. The van der Waals surface area contributed by atoms with Crippen molar-refractivity contribution < 1.29 is 19.1 Å². The first-order chi connectivity index (χ1) is 11.7. The Morgan fingerprint density at radius 3 is 2.40 bits per heavy atom. The number of halogens is 1. The molecule has 1 aliphatic heterocycles. The van der Waals surface area contributed by atoms with Gasteiger partial charge in [-0.05, 0) is 37.7 Å². The summed E-state index contributed by atoms with van der Waals surface area (Å²) in [5.41, 5.74) is 0.730. The van der Waals surface area contributed by atoms with Gasteiger partial charge in [0.25, 0.3) is 5.91 Å². The zero-order chi connectivity index (χ0) is 18.7. The molecule has 0 spiro atoms. The number of hydrogen-bond acceptors (Lipinski definition) is 4. The molecule has 1 aliphatic rings. The molecule has 0 aromatic heterocycles. The predicted molar refractivity (Wildman–Crippen MR) is 93.5 cm³/mol. The van der Waals surface area contributed by atoms with Crippen LogP contribution in [-0.2, 0) is 9.59 Å². The van der Waals surface area contributed by atoms with Gasteiger partial charge in [0.15, 0.2) is 11.5 Å². The quantitative estimate of drug-likeness (QED) is 0.823. The normalized spacial score (nSPS) is 18.0. The number of carbonyl (C=O) groups excluding carboxylic acids is 2. The largest absolute Gasteiger partial charge is 0.503 e. The lowest BCUT2D eigenvalue weighted by Gasteiger charge is -2.28. The molecule has 1 aromatic rings. The van der Waals surface area contributed by atoms with Gasteiger partial charge in [-0.3, -0.25) is 9.59 Å². The molecule has 0 saturated heterocycles. The lowest BCUT2D eigenvalue weighted by atomic mass is 9.92. The van der Waals surface area contributed by atoms with Crippen LogP contribution in [0.4, 0.5) is 4.39 Å². The molecule has 1 amide bonds. The van der Waals surface area contributed by atoms with Crippen LogP contribution in [0.15, 0.2) is 35.6 Å². The maximum Gasteiger partial charge on any atom is 0.290 e. The molecule has 1 unspecified atom stereocenters. The molecule has 25 heavy (non-hydrogen) atoms. The second kappa shape index (κ2) is 7.78. The van der Waals surface area contributed by atoms with Gasteiger partial charge in [-0.25, -0.2) is 4.39 Å². The SMILES string of the molecule is CC(C)CC(=O)C1=C(O)C(=O)N(CCN(C)C)C1c1ccc(F)cc1. The van der Waals surface area contributed by atoms with Crippen molar-refractivity contribution in [2.75, 3.05) is 27.2 Å². The van der Waals surface area contributed by atoms with Gasteiger partial charge in [-0.15, -0.1) is 0 Å². The number of benzene rings is 1. The summed E-state index contributed by atoms with van der Waals surface area (Å²) in [5.74, 6) is -1.58. The van der Waals surface area contributed by atoms with Crippen LogP contribution in [0.3, 0.4) is 0 Å². The van der Waals surface area contributed by atoms with E-state index in [0.29, 0.717) is 18.7 Å². The van der Waals surface area contributed by atoms with Crippen LogP contribution in [0, 0.1) is 11.7 Å². The number of likely N-dealkylation sites (N-methyl/N-ethyl adjacent to an activating group) is 1. The van der Waals surface area contributed by atoms with Crippen LogP contribution >= 0.6 is 0 Å². The Labute approximate surface area is 147 Å². The third-order valence-electron chi connectivity index (χ3n) is 4.17. The standard InChI is InChI=1S/C19H25FN2O3/c1-12(2)11-15(23)16-17(13-5-7-14(20)8-6-13)22(10-9-21(3)4)19(25)18(16)24/h5-8,12,17,24H,9-11H2,1-4H3. The summed E-state index contributed by atoms with van der Waals surface area (Å²) in [6.07, 6.45) is 0.242.